The van der Waals surface area contributed by atoms with Crippen LogP contribution in [0.1, 0.15) is 12.5 Å². The van der Waals surface area contributed by atoms with E-state index in [2.05, 4.69) is 34.2 Å². The fourth-order valence-corrected chi connectivity index (χ4v) is 3.48. The molecule has 0 radical (unpaired) electrons. The molecular weight excluding hydrogens is 365 g/mol. The van der Waals surface area contributed by atoms with Crippen LogP contribution < -0.4 is 10.2 Å². The van der Waals surface area contributed by atoms with Crippen LogP contribution in [0, 0.1) is 5.82 Å². The van der Waals surface area contributed by atoms with Crippen LogP contribution in [0.3, 0.4) is 0 Å². The second kappa shape index (κ2) is 9.01. The third-order valence-corrected chi connectivity index (χ3v) is 5.27. The highest BCUT2D eigenvalue weighted by molar-refractivity contribution is 5.64. The minimum Gasteiger partial charge on any atom is -0.366 e. The maximum absolute atomic E-state index is 13.2. The Labute approximate surface area is 171 Å². The van der Waals surface area contributed by atoms with Gasteiger partial charge < -0.3 is 15.1 Å². The molecule has 0 unspecified atom stereocenters. The number of benzene rings is 2. The Morgan fingerprint density at radius 2 is 1.66 bits per heavy atom. The van der Waals surface area contributed by atoms with Crippen molar-refractivity contribution in [2.24, 2.45) is 0 Å². The van der Waals surface area contributed by atoms with Crippen molar-refractivity contribution in [3.8, 4) is 11.3 Å². The van der Waals surface area contributed by atoms with Gasteiger partial charge in [0.2, 0.25) is 5.95 Å². The molecule has 0 spiro atoms. The van der Waals surface area contributed by atoms with Crippen molar-refractivity contribution in [3.05, 3.63) is 72.0 Å². The standard InChI is InChI=1S/C23H26FN5/c1-2-28-12-14-29(15-13-28)23-26-21(19-6-4-3-5-7-19)16-22(27-23)25-17-18-8-10-20(24)11-9-18/h3-11,16H,2,12-15,17H2,1H3,(H,25,26,27). The van der Waals surface area contributed by atoms with Crippen molar-refractivity contribution in [1.82, 2.24) is 14.9 Å². The van der Waals surface area contributed by atoms with Gasteiger partial charge in [0.15, 0.2) is 0 Å². The molecule has 1 fully saturated rings. The minimum absolute atomic E-state index is 0.226. The van der Waals surface area contributed by atoms with Crippen LogP contribution in [-0.2, 0) is 6.54 Å². The Bertz CT molecular complexity index is 922. The summed E-state index contributed by atoms with van der Waals surface area (Å²) in [7, 11) is 0. The lowest BCUT2D eigenvalue weighted by Gasteiger charge is -2.34. The predicted octanol–water partition coefficient (Wildman–Crippen LogP) is 4.04. The lowest BCUT2D eigenvalue weighted by atomic mass is 10.1. The molecule has 0 amide bonds. The van der Waals surface area contributed by atoms with E-state index in [0.29, 0.717) is 6.54 Å². The number of rotatable bonds is 6. The first-order chi connectivity index (χ1) is 14.2. The highest BCUT2D eigenvalue weighted by Gasteiger charge is 2.19. The summed E-state index contributed by atoms with van der Waals surface area (Å²) in [6.45, 7) is 7.73. The lowest BCUT2D eigenvalue weighted by molar-refractivity contribution is 0.270. The molecule has 0 aliphatic carbocycles. The zero-order valence-electron chi connectivity index (χ0n) is 16.7. The van der Waals surface area contributed by atoms with Gasteiger partial charge in [-0.3, -0.25) is 0 Å². The zero-order chi connectivity index (χ0) is 20.1. The first kappa shape index (κ1) is 19.3. The van der Waals surface area contributed by atoms with Crippen LogP contribution in [0.25, 0.3) is 11.3 Å². The van der Waals surface area contributed by atoms with E-state index < -0.39 is 0 Å². The van der Waals surface area contributed by atoms with E-state index >= 15 is 0 Å². The molecular formula is C23H26FN5. The molecule has 4 rings (SSSR count). The van der Waals surface area contributed by atoms with Gasteiger partial charge in [0, 0.05) is 44.4 Å². The van der Waals surface area contributed by atoms with Crippen molar-refractivity contribution in [1.29, 1.82) is 0 Å². The van der Waals surface area contributed by atoms with E-state index in [1.165, 1.54) is 12.1 Å². The van der Waals surface area contributed by atoms with Gasteiger partial charge in [-0.15, -0.1) is 0 Å². The summed E-state index contributed by atoms with van der Waals surface area (Å²) in [4.78, 5) is 14.3. The number of piperazine rings is 1. The summed E-state index contributed by atoms with van der Waals surface area (Å²) in [5.41, 5.74) is 2.97. The van der Waals surface area contributed by atoms with Gasteiger partial charge in [-0.25, -0.2) is 9.37 Å². The first-order valence-corrected chi connectivity index (χ1v) is 10.1. The highest BCUT2D eigenvalue weighted by Crippen LogP contribution is 2.24. The van der Waals surface area contributed by atoms with Gasteiger partial charge in [0.1, 0.15) is 11.6 Å². The Kier molecular flexibility index (Phi) is 6.00. The predicted molar refractivity (Wildman–Crippen MR) is 116 cm³/mol. The quantitative estimate of drug-likeness (QED) is 0.687. The molecule has 1 N–H and O–H groups in total. The summed E-state index contributed by atoms with van der Waals surface area (Å²) >= 11 is 0. The number of anilines is 2. The average Bonchev–Trinajstić information content (AvgIpc) is 2.79. The molecule has 2 aromatic carbocycles. The van der Waals surface area contributed by atoms with Crippen LogP contribution in [0.15, 0.2) is 60.7 Å². The van der Waals surface area contributed by atoms with Gasteiger partial charge in [-0.1, -0.05) is 49.4 Å². The molecule has 1 saturated heterocycles. The lowest BCUT2D eigenvalue weighted by Crippen LogP contribution is -2.46. The van der Waals surface area contributed by atoms with Crippen LogP contribution in [-0.4, -0.2) is 47.6 Å². The van der Waals surface area contributed by atoms with E-state index in [1.54, 1.807) is 12.1 Å². The minimum atomic E-state index is -0.226. The molecule has 1 aliphatic heterocycles. The van der Waals surface area contributed by atoms with E-state index in [1.807, 2.05) is 24.3 Å². The molecule has 1 aliphatic rings. The van der Waals surface area contributed by atoms with Crippen molar-refractivity contribution < 1.29 is 4.39 Å². The molecule has 0 bridgehead atoms. The zero-order valence-corrected chi connectivity index (χ0v) is 16.7. The number of nitrogens with zero attached hydrogens (tertiary/aromatic N) is 4. The van der Waals surface area contributed by atoms with Crippen molar-refractivity contribution in [3.63, 3.8) is 0 Å². The molecule has 0 atom stereocenters. The average molecular weight is 391 g/mol. The van der Waals surface area contributed by atoms with Crippen molar-refractivity contribution in [2.45, 2.75) is 13.5 Å². The number of halogens is 1. The first-order valence-electron chi connectivity index (χ1n) is 10.1. The number of hydrogen-bond donors (Lipinski definition) is 1. The van der Waals surface area contributed by atoms with Crippen molar-refractivity contribution in [2.75, 3.05) is 42.9 Å². The molecule has 6 heteroatoms. The topological polar surface area (TPSA) is 44.3 Å². The second-order valence-corrected chi connectivity index (χ2v) is 7.21. The summed E-state index contributed by atoms with van der Waals surface area (Å²) in [5, 5.41) is 3.38. The molecule has 3 aromatic rings. The van der Waals surface area contributed by atoms with Gasteiger partial charge in [-0.2, -0.15) is 4.98 Å². The third kappa shape index (κ3) is 4.90. The second-order valence-electron chi connectivity index (χ2n) is 7.21. The van der Waals surface area contributed by atoms with Crippen LogP contribution in [0.2, 0.25) is 0 Å². The molecule has 5 nitrogen and oxygen atoms in total. The fourth-order valence-electron chi connectivity index (χ4n) is 3.48. The molecule has 29 heavy (non-hydrogen) atoms. The molecule has 0 saturated carbocycles. The van der Waals surface area contributed by atoms with Crippen LogP contribution in [0.5, 0.6) is 0 Å². The monoisotopic (exact) mass is 391 g/mol. The maximum Gasteiger partial charge on any atom is 0.227 e. The van der Waals surface area contributed by atoms with Gasteiger partial charge in [-0.05, 0) is 24.2 Å². The van der Waals surface area contributed by atoms with Gasteiger partial charge >= 0.3 is 0 Å². The Morgan fingerprint density at radius 1 is 0.931 bits per heavy atom. The molecule has 150 valence electrons. The fraction of sp³-hybridized carbons (Fsp3) is 0.304. The Hall–Kier alpha value is -2.99. The van der Waals surface area contributed by atoms with E-state index in [4.69, 9.17) is 9.97 Å². The SMILES string of the molecule is CCN1CCN(c2nc(NCc3ccc(F)cc3)cc(-c3ccccc3)n2)CC1. The third-order valence-electron chi connectivity index (χ3n) is 5.27. The maximum atomic E-state index is 13.2. The van der Waals surface area contributed by atoms with Crippen molar-refractivity contribution >= 4 is 11.8 Å². The summed E-state index contributed by atoms with van der Waals surface area (Å²) < 4.78 is 13.2. The van der Waals surface area contributed by atoms with Gasteiger partial charge in [0.05, 0.1) is 5.69 Å². The highest BCUT2D eigenvalue weighted by atomic mass is 19.1. The summed E-state index contributed by atoms with van der Waals surface area (Å²) in [6, 6.07) is 18.7. The van der Waals surface area contributed by atoms with Gasteiger partial charge in [0.25, 0.3) is 0 Å². The Balaban J connectivity index is 1.58. The van der Waals surface area contributed by atoms with Crippen LogP contribution >= 0.6 is 0 Å². The number of likely N-dealkylation sites (N-methyl/N-ethyl adjacent to an activating group) is 1. The van der Waals surface area contributed by atoms with E-state index in [0.717, 1.165) is 61.3 Å². The largest absolute Gasteiger partial charge is 0.366 e. The van der Waals surface area contributed by atoms with Crippen LogP contribution in [0.4, 0.5) is 16.2 Å². The Morgan fingerprint density at radius 3 is 2.34 bits per heavy atom. The summed E-state index contributed by atoms with van der Waals surface area (Å²) in [5.74, 6) is 1.30. The molecule has 2 heterocycles. The summed E-state index contributed by atoms with van der Waals surface area (Å²) in [6.07, 6.45) is 0. The van der Waals surface area contributed by atoms with E-state index in [9.17, 15) is 4.39 Å². The molecule has 1 aromatic heterocycles. The number of aromatic nitrogens is 2. The normalized spacial score (nSPS) is 14.8. The smallest absolute Gasteiger partial charge is 0.227 e. The number of hydrogen-bond acceptors (Lipinski definition) is 5. The van der Waals surface area contributed by atoms with E-state index in [-0.39, 0.29) is 5.82 Å². The number of nitrogens with one attached hydrogen (secondary N) is 1.